The van der Waals surface area contributed by atoms with Crippen LogP contribution in [0.5, 0.6) is 0 Å². The molecule has 0 bridgehead atoms. The van der Waals surface area contributed by atoms with Crippen molar-refractivity contribution in [3.63, 3.8) is 0 Å². The molecule has 2 aliphatic heterocycles. The van der Waals surface area contributed by atoms with E-state index in [1.54, 1.807) is 0 Å². The number of pyridine rings is 1. The number of hydrogen-bond acceptors (Lipinski definition) is 5. The van der Waals surface area contributed by atoms with Crippen LogP contribution in [0.2, 0.25) is 0 Å². The highest BCUT2D eigenvalue weighted by molar-refractivity contribution is 5.27. The summed E-state index contributed by atoms with van der Waals surface area (Å²) in [6.45, 7) is 6.32. The number of aromatic nitrogens is 1. The van der Waals surface area contributed by atoms with Crippen molar-refractivity contribution in [1.29, 1.82) is 0 Å². The minimum atomic E-state index is 0.0956. The summed E-state index contributed by atoms with van der Waals surface area (Å²) in [6.07, 6.45) is 3.01. The van der Waals surface area contributed by atoms with Crippen LogP contribution in [0, 0.1) is 5.92 Å². The summed E-state index contributed by atoms with van der Waals surface area (Å²) in [5.41, 5.74) is 2.31. The van der Waals surface area contributed by atoms with Crippen molar-refractivity contribution in [1.82, 2.24) is 15.2 Å². The van der Waals surface area contributed by atoms with Gasteiger partial charge in [-0.25, -0.2) is 0 Å². The molecule has 0 saturated carbocycles. The Kier molecular flexibility index (Phi) is 6.48. The average molecular weight is 367 g/mol. The lowest BCUT2D eigenvalue weighted by Crippen LogP contribution is -2.52. The predicted molar refractivity (Wildman–Crippen MR) is 106 cm³/mol. The third-order valence-electron chi connectivity index (χ3n) is 5.67. The minimum absolute atomic E-state index is 0.0956. The second-order valence-corrected chi connectivity index (χ2v) is 7.35. The molecule has 1 N–H and O–H groups in total. The van der Waals surface area contributed by atoms with E-state index in [-0.39, 0.29) is 6.04 Å². The number of hydrogen-bond donors (Lipinski definition) is 1. The Hall–Kier alpha value is -1.79. The van der Waals surface area contributed by atoms with Crippen molar-refractivity contribution in [3.8, 4) is 0 Å². The highest BCUT2D eigenvalue weighted by atomic mass is 16.5. The smallest absolute Gasteiger partial charge is 0.0751 e. The monoisotopic (exact) mass is 367 g/mol. The molecule has 144 valence electrons. The quantitative estimate of drug-likeness (QED) is 0.815. The van der Waals surface area contributed by atoms with E-state index in [0.29, 0.717) is 12.0 Å². The van der Waals surface area contributed by atoms with Crippen LogP contribution in [-0.2, 0) is 9.47 Å². The molecule has 2 aliphatic rings. The molecule has 5 nitrogen and oxygen atoms in total. The van der Waals surface area contributed by atoms with Gasteiger partial charge in [0.2, 0.25) is 0 Å². The number of nitrogens with zero attached hydrogens (tertiary/aromatic N) is 2. The van der Waals surface area contributed by atoms with Gasteiger partial charge in [0.15, 0.2) is 0 Å². The second kappa shape index (κ2) is 9.42. The Morgan fingerprint density at radius 2 is 1.81 bits per heavy atom. The van der Waals surface area contributed by atoms with Crippen molar-refractivity contribution in [2.75, 3.05) is 46.1 Å². The maximum Gasteiger partial charge on any atom is 0.0751 e. The Morgan fingerprint density at radius 3 is 2.52 bits per heavy atom. The van der Waals surface area contributed by atoms with Crippen LogP contribution in [0.1, 0.15) is 23.7 Å². The summed E-state index contributed by atoms with van der Waals surface area (Å²) >= 11 is 0. The molecule has 0 aliphatic carbocycles. The van der Waals surface area contributed by atoms with Crippen molar-refractivity contribution in [2.24, 2.45) is 5.92 Å². The standard InChI is InChI=1S/C22H29N3O2/c1-2-6-18(7-3-1)22(20-8-4-5-10-23-20)24-16-21(19-9-13-27-17-19)25-11-14-26-15-12-25/h1-8,10,19,21-22,24H,9,11-17H2/t19-,21-,22-/m0/s1. The van der Waals surface area contributed by atoms with Crippen LogP contribution in [0.25, 0.3) is 0 Å². The molecule has 0 spiro atoms. The van der Waals surface area contributed by atoms with Crippen LogP contribution in [0.15, 0.2) is 54.7 Å². The van der Waals surface area contributed by atoms with Gasteiger partial charge in [-0.05, 0) is 24.1 Å². The first-order chi connectivity index (χ1) is 13.4. The van der Waals surface area contributed by atoms with Crippen molar-refractivity contribution in [2.45, 2.75) is 18.5 Å². The zero-order valence-electron chi connectivity index (χ0n) is 15.8. The van der Waals surface area contributed by atoms with E-state index in [2.05, 4.69) is 57.7 Å². The fraction of sp³-hybridized carbons (Fsp3) is 0.500. The Balaban J connectivity index is 1.52. The summed E-state index contributed by atoms with van der Waals surface area (Å²) < 4.78 is 11.3. The van der Waals surface area contributed by atoms with Gasteiger partial charge in [-0.3, -0.25) is 9.88 Å². The van der Waals surface area contributed by atoms with Gasteiger partial charge in [0.05, 0.1) is 31.6 Å². The van der Waals surface area contributed by atoms with Crippen molar-refractivity contribution < 1.29 is 9.47 Å². The highest BCUT2D eigenvalue weighted by Gasteiger charge is 2.32. The summed E-state index contributed by atoms with van der Waals surface area (Å²) in [5, 5.41) is 3.83. The Bertz CT molecular complexity index is 631. The van der Waals surface area contributed by atoms with E-state index in [9.17, 15) is 0 Å². The Labute approximate surface area is 161 Å². The summed E-state index contributed by atoms with van der Waals surface area (Å²) in [7, 11) is 0. The van der Waals surface area contributed by atoms with Crippen LogP contribution in [-0.4, -0.2) is 62.0 Å². The molecule has 3 heterocycles. The lowest BCUT2D eigenvalue weighted by atomic mass is 9.95. The molecule has 0 radical (unpaired) electrons. The van der Waals surface area contributed by atoms with E-state index < -0.39 is 0 Å². The van der Waals surface area contributed by atoms with Gasteiger partial charge >= 0.3 is 0 Å². The van der Waals surface area contributed by atoms with Gasteiger partial charge < -0.3 is 14.8 Å². The van der Waals surface area contributed by atoms with Crippen LogP contribution in [0.4, 0.5) is 0 Å². The molecule has 0 unspecified atom stereocenters. The van der Waals surface area contributed by atoms with Crippen LogP contribution in [0.3, 0.4) is 0 Å². The van der Waals surface area contributed by atoms with Crippen LogP contribution >= 0.6 is 0 Å². The average Bonchev–Trinajstić information content (AvgIpc) is 3.28. The van der Waals surface area contributed by atoms with Gasteiger partial charge in [0, 0.05) is 44.4 Å². The largest absolute Gasteiger partial charge is 0.381 e. The van der Waals surface area contributed by atoms with E-state index in [0.717, 1.165) is 58.2 Å². The zero-order chi connectivity index (χ0) is 18.3. The normalized spacial score (nSPS) is 23.2. The molecule has 0 amide bonds. The molecule has 3 atom stereocenters. The van der Waals surface area contributed by atoms with Gasteiger partial charge in [-0.15, -0.1) is 0 Å². The topological polar surface area (TPSA) is 46.6 Å². The first-order valence-corrected chi connectivity index (χ1v) is 10.0. The number of rotatable bonds is 7. The number of benzene rings is 1. The minimum Gasteiger partial charge on any atom is -0.381 e. The maximum absolute atomic E-state index is 5.71. The molecule has 1 aromatic carbocycles. The highest BCUT2D eigenvalue weighted by Crippen LogP contribution is 2.24. The molecular weight excluding hydrogens is 338 g/mol. The lowest BCUT2D eigenvalue weighted by Gasteiger charge is -2.38. The number of ether oxygens (including phenoxy) is 2. The van der Waals surface area contributed by atoms with Crippen molar-refractivity contribution in [3.05, 3.63) is 66.0 Å². The molecule has 5 heteroatoms. The van der Waals surface area contributed by atoms with Crippen LogP contribution < -0.4 is 5.32 Å². The van der Waals surface area contributed by atoms with Crippen molar-refractivity contribution >= 4 is 0 Å². The number of nitrogens with one attached hydrogen (secondary N) is 1. The van der Waals surface area contributed by atoms with E-state index >= 15 is 0 Å². The van der Waals surface area contributed by atoms with Gasteiger partial charge in [0.1, 0.15) is 0 Å². The van der Waals surface area contributed by atoms with Gasteiger partial charge in [-0.1, -0.05) is 36.4 Å². The third kappa shape index (κ3) is 4.74. The molecular formula is C22H29N3O2. The fourth-order valence-electron chi connectivity index (χ4n) is 4.18. The first-order valence-electron chi connectivity index (χ1n) is 10.0. The predicted octanol–water partition coefficient (Wildman–Crippen LogP) is 2.50. The van der Waals surface area contributed by atoms with Gasteiger partial charge in [-0.2, -0.15) is 0 Å². The molecule has 27 heavy (non-hydrogen) atoms. The second-order valence-electron chi connectivity index (χ2n) is 7.35. The van der Waals surface area contributed by atoms with E-state index in [1.807, 2.05) is 12.3 Å². The third-order valence-corrected chi connectivity index (χ3v) is 5.67. The molecule has 4 rings (SSSR count). The summed E-state index contributed by atoms with van der Waals surface area (Å²) in [6, 6.07) is 17.3. The Morgan fingerprint density at radius 1 is 1.00 bits per heavy atom. The summed E-state index contributed by atoms with van der Waals surface area (Å²) in [5.74, 6) is 0.579. The van der Waals surface area contributed by atoms with E-state index in [4.69, 9.17) is 9.47 Å². The SMILES string of the molecule is c1ccc([C@H](NC[C@@H]([C@H]2CCOC2)N2CCOCC2)c2ccccn2)cc1. The molecule has 2 fully saturated rings. The summed E-state index contributed by atoms with van der Waals surface area (Å²) in [4.78, 5) is 7.20. The van der Waals surface area contributed by atoms with Gasteiger partial charge in [0.25, 0.3) is 0 Å². The van der Waals surface area contributed by atoms with E-state index in [1.165, 1.54) is 5.56 Å². The molecule has 2 saturated heterocycles. The fourth-order valence-corrected chi connectivity index (χ4v) is 4.18. The lowest BCUT2D eigenvalue weighted by molar-refractivity contribution is 0.00102. The zero-order valence-corrected chi connectivity index (χ0v) is 15.8. The number of morpholine rings is 1. The molecule has 1 aromatic heterocycles. The first kappa shape index (κ1) is 18.6. The maximum atomic E-state index is 5.71. The molecule has 2 aromatic rings.